The molecule has 164 valence electrons. The van der Waals surface area contributed by atoms with E-state index in [-0.39, 0.29) is 15.9 Å². The molecule has 0 spiro atoms. The molecule has 0 aliphatic heterocycles. The first-order chi connectivity index (χ1) is 15.2. The van der Waals surface area contributed by atoms with Gasteiger partial charge in [-0.3, -0.25) is 14.8 Å². The maximum atomic E-state index is 12.8. The van der Waals surface area contributed by atoms with Crippen molar-refractivity contribution in [1.29, 1.82) is 0 Å². The van der Waals surface area contributed by atoms with Gasteiger partial charge in [0, 0.05) is 11.8 Å². The molecule has 3 rings (SSSR count). The molecular weight excluding hydrogens is 442 g/mol. The van der Waals surface area contributed by atoms with Crippen molar-refractivity contribution in [2.75, 3.05) is 10.0 Å². The maximum absolute atomic E-state index is 12.8. The standard InChI is InChI=1S/C24H23N3O3S2/c1-17-7-6-8-18(2)23(17)27-32(29,30)21-14-12-20(13-15-21)25-24(31)26-22(28)16-11-19-9-4-3-5-10-19/h3-16,27H,1-2H3,(H2,25,26,28,31). The Morgan fingerprint density at radius 1 is 0.875 bits per heavy atom. The van der Waals surface area contributed by atoms with Crippen LogP contribution < -0.4 is 15.4 Å². The normalized spacial score (nSPS) is 11.2. The third-order valence-electron chi connectivity index (χ3n) is 4.60. The monoisotopic (exact) mass is 465 g/mol. The summed E-state index contributed by atoms with van der Waals surface area (Å²) in [5.74, 6) is -0.372. The average Bonchev–Trinajstić information content (AvgIpc) is 2.76. The molecule has 0 radical (unpaired) electrons. The number of thiocarbonyl (C=S) groups is 1. The van der Waals surface area contributed by atoms with Crippen molar-refractivity contribution in [2.45, 2.75) is 18.7 Å². The highest BCUT2D eigenvalue weighted by Crippen LogP contribution is 2.24. The Morgan fingerprint density at radius 3 is 2.12 bits per heavy atom. The lowest BCUT2D eigenvalue weighted by Gasteiger charge is -2.14. The number of amides is 1. The van der Waals surface area contributed by atoms with Gasteiger partial charge in [-0.25, -0.2) is 8.42 Å². The summed E-state index contributed by atoms with van der Waals surface area (Å²) in [5.41, 5.74) is 3.70. The zero-order valence-corrected chi connectivity index (χ0v) is 19.3. The predicted octanol–water partition coefficient (Wildman–Crippen LogP) is 4.63. The molecule has 0 heterocycles. The fraction of sp³-hybridized carbons (Fsp3) is 0.0833. The van der Waals surface area contributed by atoms with E-state index in [0.29, 0.717) is 11.4 Å². The number of anilines is 2. The van der Waals surface area contributed by atoms with Gasteiger partial charge in [0.15, 0.2) is 5.11 Å². The summed E-state index contributed by atoms with van der Waals surface area (Å²) in [6, 6.07) is 21.1. The lowest BCUT2D eigenvalue weighted by molar-refractivity contribution is -0.115. The number of carbonyl (C=O) groups excluding carboxylic acids is 1. The molecule has 0 fully saturated rings. The molecule has 32 heavy (non-hydrogen) atoms. The van der Waals surface area contributed by atoms with Crippen LogP contribution in [0.1, 0.15) is 16.7 Å². The van der Waals surface area contributed by atoms with Crippen molar-refractivity contribution < 1.29 is 13.2 Å². The van der Waals surface area contributed by atoms with Gasteiger partial charge in [0.2, 0.25) is 5.91 Å². The summed E-state index contributed by atoms with van der Waals surface area (Å²) in [7, 11) is -3.75. The van der Waals surface area contributed by atoms with E-state index in [2.05, 4.69) is 15.4 Å². The number of carbonyl (C=O) groups is 1. The second-order valence-corrected chi connectivity index (χ2v) is 9.17. The van der Waals surface area contributed by atoms with Gasteiger partial charge in [0.1, 0.15) is 0 Å². The average molecular weight is 466 g/mol. The maximum Gasteiger partial charge on any atom is 0.261 e. The van der Waals surface area contributed by atoms with Crippen molar-refractivity contribution in [3.63, 3.8) is 0 Å². The third-order valence-corrected chi connectivity index (χ3v) is 6.17. The highest BCUT2D eigenvalue weighted by atomic mass is 32.2. The minimum atomic E-state index is -3.75. The van der Waals surface area contributed by atoms with E-state index in [9.17, 15) is 13.2 Å². The number of benzene rings is 3. The van der Waals surface area contributed by atoms with Gasteiger partial charge in [-0.05, 0) is 73.1 Å². The second kappa shape index (κ2) is 10.2. The summed E-state index contributed by atoms with van der Waals surface area (Å²) in [5, 5.41) is 5.53. The molecule has 3 aromatic carbocycles. The van der Waals surface area contributed by atoms with Gasteiger partial charge in [-0.15, -0.1) is 0 Å². The Balaban J connectivity index is 1.61. The number of sulfonamides is 1. The quantitative estimate of drug-likeness (QED) is 0.365. The van der Waals surface area contributed by atoms with Crippen LogP contribution in [0.3, 0.4) is 0 Å². The Labute approximate surface area is 193 Å². The summed E-state index contributed by atoms with van der Waals surface area (Å²) < 4.78 is 28.2. The summed E-state index contributed by atoms with van der Waals surface area (Å²) in [4.78, 5) is 12.1. The van der Waals surface area contributed by atoms with E-state index in [1.807, 2.05) is 62.4 Å². The lowest BCUT2D eigenvalue weighted by Crippen LogP contribution is -2.32. The van der Waals surface area contributed by atoms with E-state index in [4.69, 9.17) is 12.2 Å². The summed E-state index contributed by atoms with van der Waals surface area (Å²) in [6.07, 6.45) is 3.07. The third kappa shape index (κ3) is 6.26. The van der Waals surface area contributed by atoms with Crippen molar-refractivity contribution in [3.8, 4) is 0 Å². The molecule has 3 aromatic rings. The predicted molar refractivity (Wildman–Crippen MR) is 133 cm³/mol. The number of hydrogen-bond donors (Lipinski definition) is 3. The number of para-hydroxylation sites is 1. The van der Waals surface area contributed by atoms with Gasteiger partial charge in [0.25, 0.3) is 10.0 Å². The smallest absolute Gasteiger partial charge is 0.261 e. The zero-order valence-electron chi connectivity index (χ0n) is 17.6. The van der Waals surface area contributed by atoms with E-state index >= 15 is 0 Å². The highest BCUT2D eigenvalue weighted by molar-refractivity contribution is 7.92. The van der Waals surface area contributed by atoms with Crippen molar-refractivity contribution in [1.82, 2.24) is 5.32 Å². The molecule has 6 nitrogen and oxygen atoms in total. The number of rotatable bonds is 6. The Kier molecular flexibility index (Phi) is 7.40. The highest BCUT2D eigenvalue weighted by Gasteiger charge is 2.16. The van der Waals surface area contributed by atoms with E-state index in [0.717, 1.165) is 16.7 Å². The Hall–Kier alpha value is -3.49. The SMILES string of the molecule is Cc1cccc(C)c1NS(=O)(=O)c1ccc(NC(=S)NC(=O)C=Cc2ccccc2)cc1. The van der Waals surface area contributed by atoms with Crippen molar-refractivity contribution >= 4 is 50.7 Å². The fourth-order valence-electron chi connectivity index (χ4n) is 2.94. The van der Waals surface area contributed by atoms with Crippen molar-refractivity contribution in [3.05, 3.63) is 95.6 Å². The van der Waals surface area contributed by atoms with Gasteiger partial charge >= 0.3 is 0 Å². The molecule has 0 bridgehead atoms. The Morgan fingerprint density at radius 2 is 1.50 bits per heavy atom. The number of hydrogen-bond acceptors (Lipinski definition) is 4. The van der Waals surface area contributed by atoms with E-state index in [1.165, 1.54) is 18.2 Å². The molecule has 0 unspecified atom stereocenters. The molecule has 0 atom stereocenters. The lowest BCUT2D eigenvalue weighted by atomic mass is 10.1. The zero-order chi connectivity index (χ0) is 23.1. The van der Waals surface area contributed by atoms with Crippen molar-refractivity contribution in [2.24, 2.45) is 0 Å². The molecule has 0 aromatic heterocycles. The molecule has 0 saturated heterocycles. The molecular formula is C24H23N3O3S2. The van der Waals surface area contributed by atoms with Crippen LogP contribution in [0.25, 0.3) is 6.08 Å². The first-order valence-electron chi connectivity index (χ1n) is 9.79. The fourth-order valence-corrected chi connectivity index (χ4v) is 4.36. The molecule has 8 heteroatoms. The molecule has 0 aliphatic rings. The summed E-state index contributed by atoms with van der Waals surface area (Å²) in [6.45, 7) is 3.70. The van der Waals surface area contributed by atoms with Crippen LogP contribution >= 0.6 is 12.2 Å². The van der Waals surface area contributed by atoms with Gasteiger partial charge in [-0.2, -0.15) is 0 Å². The molecule has 0 saturated carbocycles. The van der Waals surface area contributed by atoms with Crippen LogP contribution in [-0.2, 0) is 14.8 Å². The molecule has 1 amide bonds. The van der Waals surface area contributed by atoms with Crippen LogP contribution in [-0.4, -0.2) is 19.4 Å². The van der Waals surface area contributed by atoms with Crippen LogP contribution in [0.2, 0.25) is 0 Å². The second-order valence-electron chi connectivity index (χ2n) is 7.08. The first-order valence-corrected chi connectivity index (χ1v) is 11.7. The van der Waals surface area contributed by atoms with Crippen LogP contribution in [0.15, 0.2) is 83.8 Å². The topological polar surface area (TPSA) is 87.3 Å². The first kappa shape index (κ1) is 23.2. The van der Waals surface area contributed by atoms with Gasteiger partial charge in [-0.1, -0.05) is 48.5 Å². The molecule has 0 aliphatic carbocycles. The number of aryl methyl sites for hydroxylation is 2. The number of nitrogens with one attached hydrogen (secondary N) is 3. The summed E-state index contributed by atoms with van der Waals surface area (Å²) >= 11 is 5.16. The van der Waals surface area contributed by atoms with Gasteiger partial charge < -0.3 is 5.32 Å². The minimum absolute atomic E-state index is 0.108. The van der Waals surface area contributed by atoms with E-state index in [1.54, 1.807) is 18.2 Å². The molecule has 3 N–H and O–H groups in total. The largest absolute Gasteiger partial charge is 0.332 e. The van der Waals surface area contributed by atoms with Crippen LogP contribution in [0, 0.1) is 13.8 Å². The van der Waals surface area contributed by atoms with Crippen LogP contribution in [0.5, 0.6) is 0 Å². The Bertz CT molecular complexity index is 1230. The minimum Gasteiger partial charge on any atom is -0.332 e. The van der Waals surface area contributed by atoms with Crippen LogP contribution in [0.4, 0.5) is 11.4 Å². The van der Waals surface area contributed by atoms with Gasteiger partial charge in [0.05, 0.1) is 10.6 Å². The van der Waals surface area contributed by atoms with E-state index < -0.39 is 10.0 Å².